The average Bonchev–Trinajstić information content (AvgIpc) is 3.25. The van der Waals surface area contributed by atoms with Gasteiger partial charge in [0.2, 0.25) is 0 Å². The van der Waals surface area contributed by atoms with E-state index in [0.29, 0.717) is 23.4 Å². The SMILES string of the molecule is Cc1ccc(C(=O)NCc2ccccc2-n2ccnc2C)cc1NS(=O)(=O)c1ccccc1. The lowest BCUT2D eigenvalue weighted by atomic mass is 10.1. The summed E-state index contributed by atoms with van der Waals surface area (Å²) in [7, 11) is -3.76. The zero-order chi connectivity index (χ0) is 23.4. The van der Waals surface area contributed by atoms with E-state index in [0.717, 1.165) is 17.1 Å². The average molecular weight is 461 g/mol. The summed E-state index contributed by atoms with van der Waals surface area (Å²) >= 11 is 0. The fourth-order valence-electron chi connectivity index (χ4n) is 3.48. The highest BCUT2D eigenvalue weighted by atomic mass is 32.2. The Kier molecular flexibility index (Phi) is 6.28. The number of aryl methyl sites for hydroxylation is 2. The van der Waals surface area contributed by atoms with Crippen LogP contribution in [0.1, 0.15) is 27.3 Å². The lowest BCUT2D eigenvalue weighted by Gasteiger charge is -2.14. The third-order valence-corrected chi connectivity index (χ3v) is 6.70. The number of carbonyl (C=O) groups is 1. The van der Waals surface area contributed by atoms with Gasteiger partial charge < -0.3 is 9.88 Å². The van der Waals surface area contributed by atoms with Gasteiger partial charge >= 0.3 is 0 Å². The molecule has 0 spiro atoms. The minimum Gasteiger partial charge on any atom is -0.348 e. The summed E-state index contributed by atoms with van der Waals surface area (Å²) in [6, 6.07) is 20.8. The maximum Gasteiger partial charge on any atom is 0.261 e. The van der Waals surface area contributed by atoms with Crippen LogP contribution in [-0.2, 0) is 16.6 Å². The molecule has 0 radical (unpaired) electrons. The fourth-order valence-corrected chi connectivity index (χ4v) is 4.62. The van der Waals surface area contributed by atoms with Crippen molar-refractivity contribution in [3.8, 4) is 5.69 Å². The molecule has 3 aromatic carbocycles. The molecule has 0 aliphatic rings. The molecule has 168 valence electrons. The second kappa shape index (κ2) is 9.30. The molecule has 4 aromatic rings. The predicted octanol–water partition coefficient (Wildman–Crippen LogP) is 4.22. The van der Waals surface area contributed by atoms with Crippen molar-refractivity contribution in [3.05, 3.63) is 108 Å². The summed E-state index contributed by atoms with van der Waals surface area (Å²) in [5, 5.41) is 2.93. The van der Waals surface area contributed by atoms with Gasteiger partial charge in [0.1, 0.15) is 5.82 Å². The van der Waals surface area contributed by atoms with Gasteiger partial charge in [-0.2, -0.15) is 0 Å². The van der Waals surface area contributed by atoms with Crippen LogP contribution in [-0.4, -0.2) is 23.9 Å². The molecule has 8 heteroatoms. The zero-order valence-electron chi connectivity index (χ0n) is 18.3. The molecule has 0 atom stereocenters. The van der Waals surface area contributed by atoms with E-state index in [9.17, 15) is 13.2 Å². The molecule has 7 nitrogen and oxygen atoms in total. The Balaban J connectivity index is 1.52. The number of hydrogen-bond acceptors (Lipinski definition) is 4. The number of imidazole rings is 1. The normalized spacial score (nSPS) is 11.2. The van der Waals surface area contributed by atoms with Gasteiger partial charge in [-0.15, -0.1) is 0 Å². The van der Waals surface area contributed by atoms with Gasteiger partial charge in [0.05, 0.1) is 16.3 Å². The number of nitrogens with one attached hydrogen (secondary N) is 2. The van der Waals surface area contributed by atoms with Gasteiger partial charge in [-0.25, -0.2) is 13.4 Å². The van der Waals surface area contributed by atoms with Gasteiger partial charge in [-0.1, -0.05) is 42.5 Å². The minimum absolute atomic E-state index is 0.158. The van der Waals surface area contributed by atoms with Crippen LogP contribution in [0, 0.1) is 13.8 Å². The molecule has 1 heterocycles. The molecule has 33 heavy (non-hydrogen) atoms. The molecule has 0 aliphatic carbocycles. The molecule has 0 fully saturated rings. The Hall–Kier alpha value is -3.91. The molecule has 1 aromatic heterocycles. The lowest BCUT2D eigenvalue weighted by Crippen LogP contribution is -2.24. The molecular weight excluding hydrogens is 436 g/mol. The van der Waals surface area contributed by atoms with Crippen LogP contribution in [0.15, 0.2) is 90.1 Å². The Morgan fingerprint density at radius 1 is 0.970 bits per heavy atom. The molecular formula is C25H24N4O3S. The van der Waals surface area contributed by atoms with Gasteiger partial charge in [-0.3, -0.25) is 9.52 Å². The van der Waals surface area contributed by atoms with Gasteiger partial charge in [0.25, 0.3) is 15.9 Å². The van der Waals surface area contributed by atoms with Crippen LogP contribution < -0.4 is 10.0 Å². The van der Waals surface area contributed by atoms with E-state index in [-0.39, 0.29) is 10.8 Å². The smallest absolute Gasteiger partial charge is 0.261 e. The standard InChI is InChI=1S/C25H24N4O3S/c1-18-12-13-20(16-23(18)28-33(31,32)22-9-4-3-5-10-22)25(30)27-17-21-8-6-7-11-24(21)29-15-14-26-19(29)2/h3-16,28H,17H2,1-2H3,(H,27,30). The topological polar surface area (TPSA) is 93.1 Å². The van der Waals surface area contributed by atoms with Crippen molar-refractivity contribution in [3.63, 3.8) is 0 Å². The highest BCUT2D eigenvalue weighted by Gasteiger charge is 2.16. The van der Waals surface area contributed by atoms with Crippen molar-refractivity contribution in [2.75, 3.05) is 4.72 Å². The highest BCUT2D eigenvalue weighted by Crippen LogP contribution is 2.22. The number of aromatic nitrogens is 2. The first-order valence-corrected chi connectivity index (χ1v) is 11.9. The van der Waals surface area contributed by atoms with E-state index >= 15 is 0 Å². The maximum atomic E-state index is 12.9. The fraction of sp³-hybridized carbons (Fsp3) is 0.120. The molecule has 4 rings (SSSR count). The van der Waals surface area contributed by atoms with E-state index in [2.05, 4.69) is 15.0 Å². The van der Waals surface area contributed by atoms with Crippen molar-refractivity contribution in [1.29, 1.82) is 0 Å². The third kappa shape index (κ3) is 4.96. The number of para-hydroxylation sites is 1. The van der Waals surface area contributed by atoms with E-state index < -0.39 is 10.0 Å². The largest absolute Gasteiger partial charge is 0.348 e. The number of hydrogen-bond donors (Lipinski definition) is 2. The number of sulfonamides is 1. The number of benzene rings is 3. The Bertz CT molecular complexity index is 1400. The molecule has 0 bridgehead atoms. The Morgan fingerprint density at radius 2 is 1.70 bits per heavy atom. The quantitative estimate of drug-likeness (QED) is 0.432. The second-order valence-electron chi connectivity index (χ2n) is 7.60. The van der Waals surface area contributed by atoms with E-state index in [1.807, 2.05) is 42.0 Å². The van der Waals surface area contributed by atoms with Gasteiger partial charge in [-0.05, 0) is 55.3 Å². The van der Waals surface area contributed by atoms with Crippen molar-refractivity contribution in [2.24, 2.45) is 0 Å². The van der Waals surface area contributed by atoms with Crippen LogP contribution >= 0.6 is 0 Å². The first kappa shape index (κ1) is 22.3. The number of anilines is 1. The molecule has 2 N–H and O–H groups in total. The monoisotopic (exact) mass is 460 g/mol. The van der Waals surface area contributed by atoms with Crippen molar-refractivity contribution < 1.29 is 13.2 Å². The van der Waals surface area contributed by atoms with E-state index in [1.165, 1.54) is 12.1 Å². The number of carbonyl (C=O) groups excluding carboxylic acids is 1. The summed E-state index contributed by atoms with van der Waals surface area (Å²) in [4.78, 5) is 17.3. The van der Waals surface area contributed by atoms with Crippen LogP contribution in [0.3, 0.4) is 0 Å². The first-order valence-electron chi connectivity index (χ1n) is 10.4. The summed E-state index contributed by atoms with van der Waals surface area (Å²) in [5.41, 5.74) is 3.31. The van der Waals surface area contributed by atoms with Gasteiger partial charge in [0.15, 0.2) is 0 Å². The Labute approximate surface area is 193 Å². The molecule has 0 unspecified atom stereocenters. The molecule has 0 aliphatic heterocycles. The Morgan fingerprint density at radius 3 is 2.42 bits per heavy atom. The van der Waals surface area contributed by atoms with Crippen LogP contribution in [0.25, 0.3) is 5.69 Å². The number of nitrogens with zero attached hydrogens (tertiary/aromatic N) is 2. The maximum absolute atomic E-state index is 12.9. The van der Waals surface area contributed by atoms with Crippen LogP contribution in [0.4, 0.5) is 5.69 Å². The summed E-state index contributed by atoms with van der Waals surface area (Å²) in [6.45, 7) is 4.01. The lowest BCUT2D eigenvalue weighted by molar-refractivity contribution is 0.0951. The van der Waals surface area contributed by atoms with Crippen molar-refractivity contribution in [2.45, 2.75) is 25.3 Å². The summed E-state index contributed by atoms with van der Waals surface area (Å²) in [5.74, 6) is 0.551. The predicted molar refractivity (Wildman–Crippen MR) is 128 cm³/mol. The van der Waals surface area contributed by atoms with Crippen LogP contribution in [0.2, 0.25) is 0 Å². The van der Waals surface area contributed by atoms with E-state index in [1.54, 1.807) is 49.5 Å². The zero-order valence-corrected chi connectivity index (χ0v) is 19.1. The molecule has 0 saturated carbocycles. The van der Waals surface area contributed by atoms with Crippen molar-refractivity contribution >= 4 is 21.6 Å². The molecule has 0 saturated heterocycles. The highest BCUT2D eigenvalue weighted by molar-refractivity contribution is 7.92. The van der Waals surface area contributed by atoms with E-state index in [4.69, 9.17) is 0 Å². The molecule has 1 amide bonds. The summed E-state index contributed by atoms with van der Waals surface area (Å²) < 4.78 is 30.0. The van der Waals surface area contributed by atoms with Crippen molar-refractivity contribution in [1.82, 2.24) is 14.9 Å². The second-order valence-corrected chi connectivity index (χ2v) is 9.29. The van der Waals surface area contributed by atoms with Crippen LogP contribution in [0.5, 0.6) is 0 Å². The summed E-state index contributed by atoms with van der Waals surface area (Å²) in [6.07, 6.45) is 3.61. The minimum atomic E-state index is -3.76. The number of rotatable bonds is 7. The third-order valence-electron chi connectivity index (χ3n) is 5.31. The van der Waals surface area contributed by atoms with Gasteiger partial charge in [0, 0.05) is 24.5 Å². The number of amides is 1. The first-order chi connectivity index (χ1) is 15.8.